The van der Waals surface area contributed by atoms with Gasteiger partial charge >= 0.3 is 0 Å². The van der Waals surface area contributed by atoms with E-state index < -0.39 is 0 Å². The monoisotopic (exact) mass is 638 g/mol. The molecule has 5 heteroatoms. The zero-order chi connectivity index (χ0) is 33.5. The van der Waals surface area contributed by atoms with E-state index in [2.05, 4.69) is 115 Å². The summed E-state index contributed by atoms with van der Waals surface area (Å²) in [7, 11) is 0. The van der Waals surface area contributed by atoms with Crippen LogP contribution in [0, 0.1) is 0 Å². The highest BCUT2D eigenvalue weighted by Gasteiger charge is 2.21. The molecule has 0 radical (unpaired) electrons. The number of fused-ring (bicyclic) bond motifs is 3. The number of aromatic nitrogens is 3. The fraction of sp³-hybridized carbons (Fsp3) is 0.136. The molecule has 5 nitrogen and oxygen atoms in total. The number of benzene rings is 4. The molecule has 1 aliphatic rings. The maximum Gasteiger partial charge on any atom is 0.139 e. The Morgan fingerprint density at radius 3 is 2.29 bits per heavy atom. The summed E-state index contributed by atoms with van der Waals surface area (Å²) >= 11 is 0. The average Bonchev–Trinajstić information content (AvgIpc) is 3.47. The Labute approximate surface area is 287 Å². The van der Waals surface area contributed by atoms with E-state index in [0.717, 1.165) is 58.2 Å². The third-order valence-corrected chi connectivity index (χ3v) is 9.37. The molecule has 0 atom stereocenters. The molecule has 0 aliphatic heterocycles. The van der Waals surface area contributed by atoms with Crippen molar-refractivity contribution in [2.75, 3.05) is 4.90 Å². The summed E-state index contributed by atoms with van der Waals surface area (Å²) in [5, 5.41) is 12.1. The molecule has 0 unspecified atom stereocenters. The Balaban J connectivity index is 1.23. The smallest absolute Gasteiger partial charge is 0.139 e. The van der Waals surface area contributed by atoms with Crippen LogP contribution in [0.15, 0.2) is 140 Å². The highest BCUT2D eigenvalue weighted by molar-refractivity contribution is 5.91. The number of aryl methyl sites for hydroxylation is 1. The fourth-order valence-corrected chi connectivity index (χ4v) is 6.87. The maximum absolute atomic E-state index is 10.7. The molecule has 0 bridgehead atoms. The predicted molar refractivity (Wildman–Crippen MR) is 202 cm³/mol. The quantitative estimate of drug-likeness (QED) is 0.197. The Bertz CT molecular complexity index is 2330. The minimum absolute atomic E-state index is 0.103. The largest absolute Gasteiger partial charge is 0.507 e. The summed E-state index contributed by atoms with van der Waals surface area (Å²) in [6, 6.07) is 43.5. The van der Waals surface area contributed by atoms with Crippen molar-refractivity contribution in [3.05, 3.63) is 156 Å². The molecule has 4 aromatic carbocycles. The molecular weight excluding hydrogens is 601 g/mol. The first-order chi connectivity index (χ1) is 23.8. The van der Waals surface area contributed by atoms with Crippen molar-refractivity contribution in [1.29, 1.82) is 0 Å². The van der Waals surface area contributed by atoms with Crippen molar-refractivity contribution in [1.82, 2.24) is 14.5 Å². The summed E-state index contributed by atoms with van der Waals surface area (Å²) in [6.07, 6.45) is 8.48. The fourth-order valence-electron chi connectivity index (χ4n) is 6.87. The molecule has 3 aromatic heterocycles. The molecule has 3 heterocycles. The first kappa shape index (κ1) is 30.4. The molecule has 240 valence electrons. The topological polar surface area (TPSA) is 54.2 Å². The Kier molecular flexibility index (Phi) is 7.60. The SMILES string of the molecule is CC(C)(C)c1cc(-c2cccc(N(c3ccc(-n4c5c(c6ccccc64)CCC=C5)cc3)c3ccccn3)n2)cc(-c2ccccc2O)c1. The molecule has 0 saturated carbocycles. The van der Waals surface area contributed by atoms with E-state index in [-0.39, 0.29) is 11.2 Å². The lowest BCUT2D eigenvalue weighted by Crippen LogP contribution is -2.13. The summed E-state index contributed by atoms with van der Waals surface area (Å²) in [6.45, 7) is 6.62. The molecule has 0 saturated heterocycles. The highest BCUT2D eigenvalue weighted by atomic mass is 16.3. The van der Waals surface area contributed by atoms with Crippen LogP contribution in [-0.2, 0) is 11.8 Å². The number of phenols is 1. The number of hydrogen-bond donors (Lipinski definition) is 1. The third kappa shape index (κ3) is 5.67. The van der Waals surface area contributed by atoms with Gasteiger partial charge in [-0.15, -0.1) is 0 Å². The third-order valence-electron chi connectivity index (χ3n) is 9.37. The van der Waals surface area contributed by atoms with Crippen LogP contribution in [-0.4, -0.2) is 19.6 Å². The van der Waals surface area contributed by atoms with Gasteiger partial charge in [0.2, 0.25) is 0 Å². The number of aromatic hydroxyl groups is 1. The second-order valence-corrected chi connectivity index (χ2v) is 13.6. The van der Waals surface area contributed by atoms with Gasteiger partial charge in [-0.2, -0.15) is 0 Å². The molecule has 49 heavy (non-hydrogen) atoms. The Hall–Kier alpha value is -5.94. The van der Waals surface area contributed by atoms with E-state index in [4.69, 9.17) is 9.97 Å². The summed E-state index contributed by atoms with van der Waals surface area (Å²) < 4.78 is 2.37. The van der Waals surface area contributed by atoms with Gasteiger partial charge in [0.25, 0.3) is 0 Å². The Morgan fingerprint density at radius 2 is 1.49 bits per heavy atom. The summed E-state index contributed by atoms with van der Waals surface area (Å²) in [5.41, 5.74) is 10.6. The van der Waals surface area contributed by atoms with Gasteiger partial charge in [-0.05, 0) is 114 Å². The number of phenolic OH excluding ortho intramolecular Hbond substituents is 1. The van der Waals surface area contributed by atoms with Crippen molar-refractivity contribution in [3.63, 3.8) is 0 Å². The minimum Gasteiger partial charge on any atom is -0.507 e. The molecule has 8 rings (SSSR count). The first-order valence-electron chi connectivity index (χ1n) is 16.9. The van der Waals surface area contributed by atoms with Gasteiger partial charge in [0.1, 0.15) is 17.4 Å². The van der Waals surface area contributed by atoms with Crippen LogP contribution < -0.4 is 4.90 Å². The second kappa shape index (κ2) is 12.3. The number of nitrogens with zero attached hydrogens (tertiary/aromatic N) is 4. The second-order valence-electron chi connectivity index (χ2n) is 13.6. The number of hydrogen-bond acceptors (Lipinski definition) is 4. The first-order valence-corrected chi connectivity index (χ1v) is 16.9. The number of allylic oxidation sites excluding steroid dienone is 1. The van der Waals surface area contributed by atoms with Crippen molar-refractivity contribution < 1.29 is 5.11 Å². The van der Waals surface area contributed by atoms with Gasteiger partial charge in [-0.25, -0.2) is 9.97 Å². The number of anilines is 3. The highest BCUT2D eigenvalue weighted by Crippen LogP contribution is 2.39. The standard InChI is InChI=1S/C44H38N4O/c1-44(2,3)32-28-30(35-13-6-9-19-41(35)49)27-31(29-32)38-16-12-21-43(46-38)48(42-20-10-11-26-45-42)34-24-22-33(23-25-34)47-39-17-7-4-14-36(39)37-15-5-8-18-40(37)47/h4,6-14,16-29,49H,5,15H2,1-3H3. The zero-order valence-corrected chi connectivity index (χ0v) is 28.0. The van der Waals surface area contributed by atoms with E-state index >= 15 is 0 Å². The van der Waals surface area contributed by atoms with Crippen LogP contribution in [0.4, 0.5) is 17.3 Å². The summed E-state index contributed by atoms with van der Waals surface area (Å²) in [5.74, 6) is 1.81. The number of rotatable bonds is 6. The van der Waals surface area contributed by atoms with Gasteiger partial charge in [0.05, 0.1) is 11.2 Å². The van der Waals surface area contributed by atoms with Crippen molar-refractivity contribution in [2.45, 2.75) is 39.0 Å². The average molecular weight is 639 g/mol. The molecular formula is C44H38N4O. The van der Waals surface area contributed by atoms with E-state index in [1.807, 2.05) is 54.7 Å². The van der Waals surface area contributed by atoms with Crippen LogP contribution in [0.25, 0.3) is 45.1 Å². The van der Waals surface area contributed by atoms with Gasteiger partial charge in [0.15, 0.2) is 0 Å². The summed E-state index contributed by atoms with van der Waals surface area (Å²) in [4.78, 5) is 12.1. The van der Waals surface area contributed by atoms with Crippen LogP contribution in [0.1, 0.15) is 44.0 Å². The molecule has 0 amide bonds. The van der Waals surface area contributed by atoms with Gasteiger partial charge in [-0.1, -0.05) is 81.4 Å². The lowest BCUT2D eigenvalue weighted by molar-refractivity contribution is 0.477. The van der Waals surface area contributed by atoms with Crippen molar-refractivity contribution >= 4 is 34.3 Å². The zero-order valence-electron chi connectivity index (χ0n) is 28.0. The van der Waals surface area contributed by atoms with Crippen LogP contribution in [0.5, 0.6) is 5.75 Å². The Morgan fingerprint density at radius 1 is 0.735 bits per heavy atom. The minimum atomic E-state index is -0.103. The number of para-hydroxylation sites is 2. The maximum atomic E-state index is 10.7. The van der Waals surface area contributed by atoms with Gasteiger partial charge in [-0.3, -0.25) is 4.90 Å². The molecule has 1 N–H and O–H groups in total. The van der Waals surface area contributed by atoms with Gasteiger partial charge < -0.3 is 9.67 Å². The molecule has 0 fully saturated rings. The van der Waals surface area contributed by atoms with Crippen LogP contribution in [0.2, 0.25) is 0 Å². The lowest BCUT2D eigenvalue weighted by atomic mass is 9.83. The molecule has 0 spiro atoms. The van der Waals surface area contributed by atoms with E-state index in [0.29, 0.717) is 0 Å². The molecule has 7 aromatic rings. The van der Waals surface area contributed by atoms with Gasteiger partial charge in [0, 0.05) is 39.8 Å². The normalized spacial score (nSPS) is 12.6. The van der Waals surface area contributed by atoms with Crippen molar-refractivity contribution in [3.8, 4) is 33.8 Å². The van der Waals surface area contributed by atoms with Crippen LogP contribution in [0.3, 0.4) is 0 Å². The van der Waals surface area contributed by atoms with Crippen molar-refractivity contribution in [2.24, 2.45) is 0 Å². The van der Waals surface area contributed by atoms with E-state index in [1.54, 1.807) is 6.07 Å². The number of pyridine rings is 2. The lowest BCUT2D eigenvalue weighted by Gasteiger charge is -2.25. The van der Waals surface area contributed by atoms with E-state index in [9.17, 15) is 5.11 Å². The molecule has 1 aliphatic carbocycles. The van der Waals surface area contributed by atoms with Crippen LogP contribution >= 0.6 is 0 Å². The predicted octanol–water partition coefficient (Wildman–Crippen LogP) is 11.2. The van der Waals surface area contributed by atoms with E-state index in [1.165, 1.54) is 27.7 Å².